The van der Waals surface area contributed by atoms with Crippen LogP contribution in [-0.2, 0) is 32.1 Å². The van der Waals surface area contributed by atoms with E-state index in [0.717, 1.165) is 37.1 Å². The minimum atomic E-state index is -0.539. The Bertz CT molecular complexity index is 790. The van der Waals surface area contributed by atoms with Crippen LogP contribution in [0.3, 0.4) is 0 Å². The summed E-state index contributed by atoms with van der Waals surface area (Å²) in [6.45, 7) is 1.78. The Morgan fingerprint density at radius 3 is 2.79 bits per heavy atom. The highest BCUT2D eigenvalue weighted by atomic mass is 16.5. The fourth-order valence-corrected chi connectivity index (χ4v) is 3.69. The number of carbonyl (C=O) groups excluding carboxylic acids is 4. The molecule has 0 bridgehead atoms. The molecule has 2 N–H and O–H groups in total. The summed E-state index contributed by atoms with van der Waals surface area (Å²) < 4.78 is 4.50. The van der Waals surface area contributed by atoms with Gasteiger partial charge in [0.25, 0.3) is 5.91 Å². The number of nitrogens with one attached hydrogen (secondary N) is 2. The number of rotatable bonds is 6. The van der Waals surface area contributed by atoms with Gasteiger partial charge in [0.2, 0.25) is 11.8 Å². The number of esters is 1. The van der Waals surface area contributed by atoms with Crippen molar-refractivity contribution in [2.45, 2.75) is 45.1 Å². The maximum atomic E-state index is 12.6. The molecule has 0 spiro atoms. The van der Waals surface area contributed by atoms with Crippen molar-refractivity contribution in [1.82, 2.24) is 25.3 Å². The van der Waals surface area contributed by atoms with Crippen LogP contribution in [0, 0.1) is 0 Å². The van der Waals surface area contributed by atoms with Crippen molar-refractivity contribution in [3.63, 3.8) is 0 Å². The van der Waals surface area contributed by atoms with E-state index >= 15 is 0 Å². The number of H-pyrrole nitrogens is 1. The van der Waals surface area contributed by atoms with E-state index in [4.69, 9.17) is 0 Å². The van der Waals surface area contributed by atoms with Gasteiger partial charge in [0.1, 0.15) is 6.54 Å². The number of fused-ring (bicyclic) bond motifs is 1. The van der Waals surface area contributed by atoms with E-state index in [-0.39, 0.29) is 24.1 Å². The number of nitrogens with zero attached hydrogens (tertiary/aromatic N) is 3. The van der Waals surface area contributed by atoms with E-state index in [1.165, 1.54) is 7.11 Å². The minimum Gasteiger partial charge on any atom is -0.468 e. The van der Waals surface area contributed by atoms with Crippen molar-refractivity contribution >= 4 is 23.7 Å². The Morgan fingerprint density at radius 1 is 1.17 bits per heavy atom. The first kappa shape index (κ1) is 20.8. The average molecular weight is 405 g/mol. The molecule has 1 aromatic rings. The number of hydrogen-bond acceptors (Lipinski definition) is 6. The highest BCUT2D eigenvalue weighted by molar-refractivity contribution is 5.95. The van der Waals surface area contributed by atoms with Crippen LogP contribution in [-0.4, -0.2) is 77.0 Å². The molecular weight excluding hydrogens is 378 g/mol. The van der Waals surface area contributed by atoms with E-state index < -0.39 is 11.9 Å². The predicted molar refractivity (Wildman–Crippen MR) is 102 cm³/mol. The van der Waals surface area contributed by atoms with Gasteiger partial charge in [0, 0.05) is 38.0 Å². The lowest BCUT2D eigenvalue weighted by atomic mass is 10.0. The van der Waals surface area contributed by atoms with Crippen LogP contribution in [0.5, 0.6) is 0 Å². The van der Waals surface area contributed by atoms with Gasteiger partial charge in [-0.25, -0.2) is 0 Å². The fraction of sp³-hybridized carbons (Fsp3) is 0.632. The number of ether oxygens (including phenoxy) is 1. The molecule has 10 nitrogen and oxygen atoms in total. The molecular formula is C19H27N5O5. The van der Waals surface area contributed by atoms with Gasteiger partial charge in [0.15, 0.2) is 5.69 Å². The second-order valence-electron chi connectivity index (χ2n) is 7.29. The van der Waals surface area contributed by atoms with Crippen molar-refractivity contribution in [1.29, 1.82) is 0 Å². The quantitative estimate of drug-likeness (QED) is 0.642. The van der Waals surface area contributed by atoms with Gasteiger partial charge in [-0.3, -0.25) is 24.3 Å². The van der Waals surface area contributed by atoms with Crippen molar-refractivity contribution < 1.29 is 23.9 Å². The maximum absolute atomic E-state index is 12.6. The summed E-state index contributed by atoms with van der Waals surface area (Å²) in [6, 6.07) is 0. The monoisotopic (exact) mass is 405 g/mol. The third-order valence-electron chi connectivity index (χ3n) is 5.39. The maximum Gasteiger partial charge on any atom is 0.325 e. The van der Waals surface area contributed by atoms with Crippen molar-refractivity contribution in [2.24, 2.45) is 0 Å². The molecule has 29 heavy (non-hydrogen) atoms. The average Bonchev–Trinajstić information content (AvgIpc) is 3.05. The predicted octanol–water partition coefficient (Wildman–Crippen LogP) is -0.0101. The molecule has 3 amide bonds. The smallest absolute Gasteiger partial charge is 0.325 e. The van der Waals surface area contributed by atoms with Crippen LogP contribution in [0.4, 0.5) is 0 Å². The topological polar surface area (TPSA) is 125 Å². The lowest BCUT2D eigenvalue weighted by molar-refractivity contribution is -0.139. The fourth-order valence-electron chi connectivity index (χ4n) is 3.69. The number of aromatic nitrogens is 2. The third-order valence-corrected chi connectivity index (χ3v) is 5.39. The van der Waals surface area contributed by atoms with Crippen molar-refractivity contribution in [2.75, 3.05) is 33.3 Å². The number of aromatic amines is 1. The zero-order valence-corrected chi connectivity index (χ0v) is 16.7. The van der Waals surface area contributed by atoms with Gasteiger partial charge in [-0.2, -0.15) is 5.10 Å². The van der Waals surface area contributed by atoms with Crippen LogP contribution >= 0.6 is 0 Å². The van der Waals surface area contributed by atoms with Gasteiger partial charge in [-0.1, -0.05) is 6.42 Å². The van der Waals surface area contributed by atoms with Crippen LogP contribution in [0.1, 0.15) is 53.8 Å². The minimum absolute atomic E-state index is 0.0148. The molecule has 3 rings (SSSR count). The number of carbonyl (C=O) groups is 4. The Balaban J connectivity index is 1.53. The number of hydrogen-bond donors (Lipinski definition) is 2. The Morgan fingerprint density at radius 2 is 2.00 bits per heavy atom. The second-order valence-corrected chi connectivity index (χ2v) is 7.29. The van der Waals surface area contributed by atoms with Crippen LogP contribution in [0.25, 0.3) is 0 Å². The molecule has 0 aromatic carbocycles. The first-order valence-electron chi connectivity index (χ1n) is 9.96. The van der Waals surface area contributed by atoms with E-state index in [1.54, 1.807) is 9.80 Å². The highest BCUT2D eigenvalue weighted by Gasteiger charge is 2.28. The molecule has 0 radical (unpaired) electrons. The van der Waals surface area contributed by atoms with Crippen LogP contribution in [0.15, 0.2) is 0 Å². The molecule has 1 fully saturated rings. The number of methoxy groups -OCH3 is 1. The van der Waals surface area contributed by atoms with Gasteiger partial charge < -0.3 is 19.9 Å². The summed E-state index contributed by atoms with van der Waals surface area (Å²) in [5, 5.41) is 9.36. The Kier molecular flexibility index (Phi) is 6.84. The molecule has 2 aliphatic heterocycles. The molecule has 3 heterocycles. The van der Waals surface area contributed by atoms with Crippen LogP contribution < -0.4 is 5.32 Å². The largest absolute Gasteiger partial charge is 0.468 e. The van der Waals surface area contributed by atoms with Crippen molar-refractivity contribution in [3.8, 4) is 0 Å². The second kappa shape index (κ2) is 9.53. The third kappa shape index (κ3) is 5.12. The van der Waals surface area contributed by atoms with Gasteiger partial charge >= 0.3 is 5.97 Å². The summed E-state index contributed by atoms with van der Waals surface area (Å²) >= 11 is 0. The summed E-state index contributed by atoms with van der Waals surface area (Å²) in [5.74, 6) is -0.874. The molecule has 0 unspecified atom stereocenters. The number of amides is 3. The SMILES string of the molecule is COC(=O)CNC(=O)c1n[nH]c2c1CCN(C(=O)CCN1CCCCCC1=O)C2. The molecule has 1 saturated heterocycles. The molecule has 0 atom stereocenters. The van der Waals surface area contributed by atoms with Gasteiger partial charge in [-0.15, -0.1) is 0 Å². The lowest BCUT2D eigenvalue weighted by Crippen LogP contribution is -2.39. The summed E-state index contributed by atoms with van der Waals surface area (Å²) in [4.78, 5) is 51.6. The Labute approximate surface area is 168 Å². The molecule has 158 valence electrons. The normalized spacial score (nSPS) is 16.8. The van der Waals surface area contributed by atoms with E-state index in [1.807, 2.05) is 0 Å². The zero-order valence-electron chi connectivity index (χ0n) is 16.7. The highest BCUT2D eigenvalue weighted by Crippen LogP contribution is 2.21. The summed E-state index contributed by atoms with van der Waals surface area (Å²) in [6.07, 6.45) is 4.33. The number of likely N-dealkylation sites (tertiary alicyclic amines) is 1. The summed E-state index contributed by atoms with van der Waals surface area (Å²) in [5.41, 5.74) is 1.73. The first-order valence-corrected chi connectivity index (χ1v) is 9.96. The lowest BCUT2D eigenvalue weighted by Gasteiger charge is -2.28. The molecule has 2 aliphatic rings. The van der Waals surface area contributed by atoms with Crippen LogP contribution in [0.2, 0.25) is 0 Å². The molecule has 10 heteroatoms. The van der Waals surface area contributed by atoms with E-state index in [0.29, 0.717) is 38.9 Å². The molecule has 0 aliphatic carbocycles. The summed E-state index contributed by atoms with van der Waals surface area (Å²) in [7, 11) is 1.25. The molecule has 0 saturated carbocycles. The standard InChI is InChI=1S/C19H27N5O5/c1-29-17(27)11-20-19(28)18-13-6-9-24(12-14(13)21-22-18)16(26)7-10-23-8-4-2-3-5-15(23)25/h2-12H2,1H3,(H,20,28)(H,21,22). The first-order chi connectivity index (χ1) is 14.0. The van der Waals surface area contributed by atoms with Crippen molar-refractivity contribution in [3.05, 3.63) is 17.0 Å². The molecule has 1 aromatic heterocycles. The zero-order chi connectivity index (χ0) is 20.8. The van der Waals surface area contributed by atoms with Gasteiger partial charge in [0.05, 0.1) is 19.3 Å². The van der Waals surface area contributed by atoms with E-state index in [9.17, 15) is 19.2 Å². The van der Waals surface area contributed by atoms with Gasteiger partial charge in [-0.05, 0) is 19.3 Å². The Hall–Kier alpha value is -2.91. The van der Waals surface area contributed by atoms with E-state index in [2.05, 4.69) is 20.3 Å².